The number of nitrogens with two attached hydrogens (primary N) is 1. The predicted octanol–water partition coefficient (Wildman–Crippen LogP) is 1.72. The molecule has 2 aromatic rings. The molecule has 5 heteroatoms. The molecule has 0 aliphatic carbocycles. The summed E-state index contributed by atoms with van der Waals surface area (Å²) in [6.07, 6.45) is 0. The Bertz CT molecular complexity index is 629. The fourth-order valence-electron chi connectivity index (χ4n) is 2.09. The van der Waals surface area contributed by atoms with E-state index in [0.717, 1.165) is 0 Å². The smallest absolute Gasteiger partial charge is 0.333 e. The molecule has 0 bridgehead atoms. The number of carbonyl (C=O) groups is 2. The zero-order chi connectivity index (χ0) is 15.9. The highest BCUT2D eigenvalue weighted by molar-refractivity contribution is 5.88. The van der Waals surface area contributed by atoms with Crippen molar-refractivity contribution in [2.24, 2.45) is 5.73 Å². The van der Waals surface area contributed by atoms with Crippen LogP contribution in [0.4, 0.5) is 0 Å². The SMILES string of the molecule is COC(=O)C(NC(=O)[C@H](N)c1ccccc1)c1ccccc1. The summed E-state index contributed by atoms with van der Waals surface area (Å²) in [6.45, 7) is 0. The van der Waals surface area contributed by atoms with Crippen LogP contribution in [0, 0.1) is 0 Å². The Labute approximate surface area is 129 Å². The lowest BCUT2D eigenvalue weighted by Crippen LogP contribution is -2.40. The molecule has 0 aromatic heterocycles. The lowest BCUT2D eigenvalue weighted by Gasteiger charge is -2.19. The van der Waals surface area contributed by atoms with E-state index in [-0.39, 0.29) is 0 Å². The molecule has 1 amide bonds. The van der Waals surface area contributed by atoms with Gasteiger partial charge < -0.3 is 15.8 Å². The summed E-state index contributed by atoms with van der Waals surface area (Å²) in [6, 6.07) is 16.1. The van der Waals surface area contributed by atoms with Crippen LogP contribution in [-0.2, 0) is 14.3 Å². The van der Waals surface area contributed by atoms with Crippen LogP contribution in [-0.4, -0.2) is 19.0 Å². The Morgan fingerprint density at radius 3 is 1.95 bits per heavy atom. The summed E-state index contributed by atoms with van der Waals surface area (Å²) >= 11 is 0. The minimum Gasteiger partial charge on any atom is -0.467 e. The topological polar surface area (TPSA) is 81.4 Å². The first-order valence-electron chi connectivity index (χ1n) is 6.87. The van der Waals surface area contributed by atoms with Crippen molar-refractivity contribution >= 4 is 11.9 Å². The normalized spacial score (nSPS) is 13.0. The van der Waals surface area contributed by atoms with Gasteiger partial charge >= 0.3 is 5.97 Å². The maximum atomic E-state index is 12.3. The largest absolute Gasteiger partial charge is 0.467 e. The minimum absolute atomic E-state index is 0.439. The van der Waals surface area contributed by atoms with Crippen LogP contribution in [0.3, 0.4) is 0 Å². The van der Waals surface area contributed by atoms with Gasteiger partial charge in [0.2, 0.25) is 5.91 Å². The molecule has 0 radical (unpaired) electrons. The average molecular weight is 298 g/mol. The lowest BCUT2D eigenvalue weighted by molar-refractivity contribution is -0.145. The third kappa shape index (κ3) is 3.71. The molecule has 114 valence electrons. The number of carbonyl (C=O) groups excluding carboxylic acids is 2. The molecule has 1 unspecified atom stereocenters. The number of hydrogen-bond acceptors (Lipinski definition) is 4. The molecule has 0 spiro atoms. The molecule has 2 rings (SSSR count). The second-order valence-corrected chi connectivity index (χ2v) is 4.76. The van der Waals surface area contributed by atoms with Crippen molar-refractivity contribution in [3.05, 3.63) is 71.8 Å². The van der Waals surface area contributed by atoms with E-state index in [0.29, 0.717) is 11.1 Å². The minimum atomic E-state index is -0.881. The highest BCUT2D eigenvalue weighted by Crippen LogP contribution is 2.17. The quantitative estimate of drug-likeness (QED) is 0.823. The highest BCUT2D eigenvalue weighted by atomic mass is 16.5. The maximum absolute atomic E-state index is 12.3. The van der Waals surface area contributed by atoms with Gasteiger partial charge in [0, 0.05) is 0 Å². The van der Waals surface area contributed by atoms with E-state index in [1.807, 2.05) is 12.1 Å². The number of ether oxygens (including phenoxy) is 1. The van der Waals surface area contributed by atoms with Crippen LogP contribution in [0.15, 0.2) is 60.7 Å². The van der Waals surface area contributed by atoms with Gasteiger partial charge in [-0.15, -0.1) is 0 Å². The van der Waals surface area contributed by atoms with Gasteiger partial charge in [-0.1, -0.05) is 60.7 Å². The first kappa shape index (κ1) is 15.7. The van der Waals surface area contributed by atoms with E-state index in [1.54, 1.807) is 48.5 Å². The predicted molar refractivity (Wildman–Crippen MR) is 82.7 cm³/mol. The second-order valence-electron chi connectivity index (χ2n) is 4.76. The van der Waals surface area contributed by atoms with Gasteiger partial charge in [-0.25, -0.2) is 4.79 Å². The van der Waals surface area contributed by atoms with Gasteiger partial charge in [0.1, 0.15) is 6.04 Å². The van der Waals surface area contributed by atoms with Gasteiger partial charge in [-0.05, 0) is 11.1 Å². The number of methoxy groups -OCH3 is 1. The van der Waals surface area contributed by atoms with Crippen LogP contribution in [0.1, 0.15) is 23.2 Å². The fourth-order valence-corrected chi connectivity index (χ4v) is 2.09. The monoisotopic (exact) mass is 298 g/mol. The number of amides is 1. The summed E-state index contributed by atoms with van der Waals surface area (Å²) in [7, 11) is 1.28. The summed E-state index contributed by atoms with van der Waals surface area (Å²) in [5.41, 5.74) is 7.26. The van der Waals surface area contributed by atoms with Crippen LogP contribution in [0.5, 0.6) is 0 Å². The molecule has 0 aliphatic heterocycles. The lowest BCUT2D eigenvalue weighted by atomic mass is 10.0. The number of rotatable bonds is 5. The van der Waals surface area contributed by atoms with Crippen molar-refractivity contribution in [1.29, 1.82) is 0 Å². The molecule has 0 saturated heterocycles. The molecule has 3 N–H and O–H groups in total. The molecule has 0 fully saturated rings. The molecule has 2 aromatic carbocycles. The maximum Gasteiger partial charge on any atom is 0.333 e. The van der Waals surface area contributed by atoms with Crippen molar-refractivity contribution < 1.29 is 14.3 Å². The Kier molecular flexibility index (Phi) is 5.27. The number of nitrogens with one attached hydrogen (secondary N) is 1. The van der Waals surface area contributed by atoms with E-state index in [9.17, 15) is 9.59 Å². The summed E-state index contributed by atoms with van der Waals surface area (Å²) in [5.74, 6) is -0.981. The first-order chi connectivity index (χ1) is 10.6. The number of esters is 1. The van der Waals surface area contributed by atoms with Crippen LogP contribution >= 0.6 is 0 Å². The zero-order valence-electron chi connectivity index (χ0n) is 12.2. The van der Waals surface area contributed by atoms with Crippen molar-refractivity contribution in [3.8, 4) is 0 Å². The highest BCUT2D eigenvalue weighted by Gasteiger charge is 2.26. The third-order valence-electron chi connectivity index (χ3n) is 3.30. The van der Waals surface area contributed by atoms with E-state index < -0.39 is 24.0 Å². The molecule has 2 atom stereocenters. The summed E-state index contributed by atoms with van der Waals surface area (Å²) in [5, 5.41) is 2.64. The van der Waals surface area contributed by atoms with Crippen molar-refractivity contribution in [3.63, 3.8) is 0 Å². The van der Waals surface area contributed by atoms with Gasteiger partial charge in [-0.2, -0.15) is 0 Å². The van der Waals surface area contributed by atoms with E-state index in [4.69, 9.17) is 10.5 Å². The van der Waals surface area contributed by atoms with E-state index in [1.165, 1.54) is 7.11 Å². The Morgan fingerprint density at radius 1 is 0.955 bits per heavy atom. The molecule has 0 aliphatic rings. The molecule has 22 heavy (non-hydrogen) atoms. The van der Waals surface area contributed by atoms with Crippen LogP contribution < -0.4 is 11.1 Å². The number of benzene rings is 2. The first-order valence-corrected chi connectivity index (χ1v) is 6.87. The van der Waals surface area contributed by atoms with Gasteiger partial charge in [0.25, 0.3) is 0 Å². The molecular formula is C17H18N2O3. The fraction of sp³-hybridized carbons (Fsp3) is 0.176. The van der Waals surface area contributed by atoms with Crippen LogP contribution in [0.2, 0.25) is 0 Å². The van der Waals surface area contributed by atoms with Gasteiger partial charge in [-0.3, -0.25) is 4.79 Å². The van der Waals surface area contributed by atoms with Crippen molar-refractivity contribution in [1.82, 2.24) is 5.32 Å². The van der Waals surface area contributed by atoms with Crippen molar-refractivity contribution in [2.75, 3.05) is 7.11 Å². The van der Waals surface area contributed by atoms with E-state index in [2.05, 4.69) is 5.32 Å². The summed E-state index contributed by atoms with van der Waals surface area (Å²) in [4.78, 5) is 24.2. The van der Waals surface area contributed by atoms with Crippen LogP contribution in [0.25, 0.3) is 0 Å². The Hall–Kier alpha value is -2.66. The average Bonchev–Trinajstić information content (AvgIpc) is 2.59. The summed E-state index contributed by atoms with van der Waals surface area (Å²) < 4.78 is 4.76. The molecule has 5 nitrogen and oxygen atoms in total. The van der Waals surface area contributed by atoms with Gasteiger partial charge in [0.05, 0.1) is 7.11 Å². The zero-order valence-corrected chi connectivity index (χ0v) is 12.2. The molecule has 0 heterocycles. The molecular weight excluding hydrogens is 280 g/mol. The van der Waals surface area contributed by atoms with Gasteiger partial charge in [0.15, 0.2) is 6.04 Å². The standard InChI is InChI=1S/C17H18N2O3/c1-22-17(21)15(13-10-6-3-7-11-13)19-16(20)14(18)12-8-4-2-5-9-12/h2-11,14-15H,18H2,1H3,(H,19,20)/t14-,15?/m1/s1. The number of hydrogen-bond donors (Lipinski definition) is 2. The Morgan fingerprint density at radius 2 is 1.45 bits per heavy atom. The Balaban J connectivity index is 2.17. The van der Waals surface area contributed by atoms with E-state index >= 15 is 0 Å². The second kappa shape index (κ2) is 7.38. The van der Waals surface area contributed by atoms with Crippen molar-refractivity contribution in [2.45, 2.75) is 12.1 Å². The molecule has 0 saturated carbocycles. The third-order valence-corrected chi connectivity index (χ3v) is 3.30.